The zero-order valence-corrected chi connectivity index (χ0v) is 9.41. The van der Waals surface area contributed by atoms with E-state index in [0.29, 0.717) is 11.4 Å². The van der Waals surface area contributed by atoms with Crippen molar-refractivity contribution >= 4 is 11.6 Å². The predicted molar refractivity (Wildman–Crippen MR) is 65.6 cm³/mol. The average Bonchev–Trinajstić information content (AvgIpc) is 2.29. The van der Waals surface area contributed by atoms with Gasteiger partial charge in [0.15, 0.2) is 0 Å². The fourth-order valence-electron chi connectivity index (χ4n) is 2.33. The molecule has 0 radical (unpaired) electrons. The van der Waals surface area contributed by atoms with E-state index in [2.05, 4.69) is 12.1 Å². The minimum atomic E-state index is -0.415. The van der Waals surface area contributed by atoms with Crippen molar-refractivity contribution in [3.8, 4) is 11.1 Å². The number of hydrogen-bond donors (Lipinski definition) is 1. The summed E-state index contributed by atoms with van der Waals surface area (Å²) in [5.74, 6) is 0. The first kappa shape index (κ1) is 9.88. The Labute approximate surface area is 99.3 Å². The highest BCUT2D eigenvalue weighted by atomic mass is 35.5. The van der Waals surface area contributed by atoms with Crippen LogP contribution >= 0.6 is 11.6 Å². The smallest absolute Gasteiger partial charge is 0.0836 e. The topological polar surface area (TPSA) is 20.2 Å². The second-order valence-corrected chi connectivity index (χ2v) is 4.55. The van der Waals surface area contributed by atoms with E-state index in [1.807, 2.05) is 30.3 Å². The molecule has 0 saturated heterocycles. The molecule has 0 spiro atoms. The van der Waals surface area contributed by atoms with Gasteiger partial charge >= 0.3 is 0 Å². The molecular formula is C14H11ClO. The summed E-state index contributed by atoms with van der Waals surface area (Å²) in [5, 5.41) is 10.8. The third-order valence-corrected chi connectivity index (χ3v) is 3.33. The molecule has 3 rings (SSSR count). The minimum absolute atomic E-state index is 0.415. The molecule has 1 aliphatic carbocycles. The lowest BCUT2D eigenvalue weighted by atomic mass is 9.84. The molecule has 0 aromatic heterocycles. The van der Waals surface area contributed by atoms with Crippen molar-refractivity contribution in [2.45, 2.75) is 12.5 Å². The lowest BCUT2D eigenvalue weighted by Gasteiger charge is -2.24. The molecule has 0 aliphatic heterocycles. The molecule has 1 nitrogen and oxygen atoms in total. The summed E-state index contributed by atoms with van der Waals surface area (Å²) >= 11 is 6.01. The Bertz CT molecular complexity index is 548. The van der Waals surface area contributed by atoms with Crippen LogP contribution in [0.1, 0.15) is 17.2 Å². The van der Waals surface area contributed by atoms with E-state index in [-0.39, 0.29) is 0 Å². The Morgan fingerprint density at radius 3 is 2.75 bits per heavy atom. The van der Waals surface area contributed by atoms with Gasteiger partial charge in [0.2, 0.25) is 0 Å². The molecule has 0 bridgehead atoms. The second-order valence-electron chi connectivity index (χ2n) is 4.11. The molecule has 16 heavy (non-hydrogen) atoms. The van der Waals surface area contributed by atoms with Crippen molar-refractivity contribution in [3.05, 3.63) is 58.6 Å². The quantitative estimate of drug-likeness (QED) is 0.733. The maximum absolute atomic E-state index is 10.1. The van der Waals surface area contributed by atoms with Crippen molar-refractivity contribution in [1.29, 1.82) is 0 Å². The van der Waals surface area contributed by atoms with E-state index >= 15 is 0 Å². The molecular weight excluding hydrogens is 220 g/mol. The molecule has 2 aromatic rings. The van der Waals surface area contributed by atoms with Crippen LogP contribution in [0.3, 0.4) is 0 Å². The first-order valence-electron chi connectivity index (χ1n) is 5.31. The molecule has 0 heterocycles. The SMILES string of the molecule is OC1Cc2ccccc2-c2cc(Cl)ccc21. The van der Waals surface area contributed by atoms with Crippen molar-refractivity contribution in [2.24, 2.45) is 0 Å². The number of aliphatic hydroxyl groups is 1. The maximum Gasteiger partial charge on any atom is 0.0836 e. The summed E-state index contributed by atoms with van der Waals surface area (Å²) in [4.78, 5) is 0. The average molecular weight is 231 g/mol. The van der Waals surface area contributed by atoms with Gasteiger partial charge in [-0.1, -0.05) is 41.9 Å². The zero-order chi connectivity index (χ0) is 11.1. The molecule has 1 N–H and O–H groups in total. The van der Waals surface area contributed by atoms with Crippen LogP contribution in [0.15, 0.2) is 42.5 Å². The molecule has 1 aliphatic rings. The van der Waals surface area contributed by atoms with Crippen molar-refractivity contribution in [2.75, 3.05) is 0 Å². The van der Waals surface area contributed by atoms with Gasteiger partial charge in [-0.3, -0.25) is 0 Å². The van der Waals surface area contributed by atoms with Crippen LogP contribution in [0.25, 0.3) is 11.1 Å². The zero-order valence-electron chi connectivity index (χ0n) is 8.65. The van der Waals surface area contributed by atoms with Crippen molar-refractivity contribution < 1.29 is 5.11 Å². The number of hydrogen-bond acceptors (Lipinski definition) is 1. The molecule has 80 valence electrons. The van der Waals surface area contributed by atoms with Crippen LogP contribution in [0.5, 0.6) is 0 Å². The fraction of sp³-hybridized carbons (Fsp3) is 0.143. The van der Waals surface area contributed by atoms with Gasteiger partial charge in [-0.05, 0) is 34.4 Å². The van der Waals surface area contributed by atoms with Crippen molar-refractivity contribution in [1.82, 2.24) is 0 Å². The molecule has 1 atom stereocenters. The third-order valence-electron chi connectivity index (χ3n) is 3.10. The Hall–Kier alpha value is -1.31. The lowest BCUT2D eigenvalue weighted by molar-refractivity contribution is 0.177. The van der Waals surface area contributed by atoms with Crippen molar-refractivity contribution in [3.63, 3.8) is 0 Å². The van der Waals surface area contributed by atoms with Gasteiger partial charge in [-0.2, -0.15) is 0 Å². The molecule has 1 unspecified atom stereocenters. The van der Waals surface area contributed by atoms with E-state index in [4.69, 9.17) is 11.6 Å². The van der Waals surface area contributed by atoms with Crippen LogP contribution < -0.4 is 0 Å². The molecule has 2 aromatic carbocycles. The number of halogens is 1. The van der Waals surface area contributed by atoms with E-state index in [9.17, 15) is 5.11 Å². The van der Waals surface area contributed by atoms with Gasteiger partial charge in [-0.15, -0.1) is 0 Å². The molecule has 0 amide bonds. The molecule has 0 fully saturated rings. The van der Waals surface area contributed by atoms with Gasteiger partial charge < -0.3 is 5.11 Å². The number of benzene rings is 2. The Morgan fingerprint density at radius 2 is 1.88 bits per heavy atom. The molecule has 0 saturated carbocycles. The van der Waals surface area contributed by atoms with Gasteiger partial charge in [0.25, 0.3) is 0 Å². The fourth-order valence-corrected chi connectivity index (χ4v) is 2.50. The summed E-state index contributed by atoms with van der Waals surface area (Å²) < 4.78 is 0. The van der Waals surface area contributed by atoms with Crippen LogP contribution in [0.2, 0.25) is 5.02 Å². The van der Waals surface area contributed by atoms with E-state index in [0.717, 1.165) is 11.1 Å². The van der Waals surface area contributed by atoms with Crippen LogP contribution in [-0.4, -0.2) is 5.11 Å². The van der Waals surface area contributed by atoms with Gasteiger partial charge in [0, 0.05) is 11.4 Å². The highest BCUT2D eigenvalue weighted by Crippen LogP contribution is 2.39. The maximum atomic E-state index is 10.1. The standard InChI is InChI=1S/C14H11ClO/c15-10-5-6-12-13(8-10)11-4-2-1-3-9(11)7-14(12)16/h1-6,8,14,16H,7H2. The number of fused-ring (bicyclic) bond motifs is 3. The van der Waals surface area contributed by atoms with E-state index in [1.54, 1.807) is 0 Å². The predicted octanol–water partition coefficient (Wildman–Crippen LogP) is 3.60. The van der Waals surface area contributed by atoms with Crippen LogP contribution in [0, 0.1) is 0 Å². The highest BCUT2D eigenvalue weighted by Gasteiger charge is 2.22. The normalized spacial score (nSPS) is 17.8. The largest absolute Gasteiger partial charge is 0.388 e. The minimum Gasteiger partial charge on any atom is -0.388 e. The summed E-state index contributed by atoms with van der Waals surface area (Å²) in [6.45, 7) is 0. The van der Waals surface area contributed by atoms with Crippen LogP contribution in [-0.2, 0) is 6.42 Å². The summed E-state index contributed by atoms with van der Waals surface area (Å²) in [7, 11) is 0. The second kappa shape index (κ2) is 3.62. The third kappa shape index (κ3) is 1.44. The number of aliphatic hydroxyl groups excluding tert-OH is 1. The monoisotopic (exact) mass is 230 g/mol. The first-order valence-corrected chi connectivity index (χ1v) is 5.69. The van der Waals surface area contributed by atoms with Gasteiger partial charge in [0.1, 0.15) is 0 Å². The Balaban J connectivity index is 2.30. The van der Waals surface area contributed by atoms with E-state index < -0.39 is 6.10 Å². The van der Waals surface area contributed by atoms with Gasteiger partial charge in [0.05, 0.1) is 6.10 Å². The lowest BCUT2D eigenvalue weighted by Crippen LogP contribution is -2.10. The first-order chi connectivity index (χ1) is 7.75. The summed E-state index contributed by atoms with van der Waals surface area (Å²) in [6.07, 6.45) is 0.271. The number of rotatable bonds is 0. The summed E-state index contributed by atoms with van der Waals surface area (Å²) in [5.41, 5.74) is 4.40. The van der Waals surface area contributed by atoms with Gasteiger partial charge in [-0.25, -0.2) is 0 Å². The molecule has 2 heteroatoms. The van der Waals surface area contributed by atoms with E-state index in [1.165, 1.54) is 11.1 Å². The highest BCUT2D eigenvalue weighted by molar-refractivity contribution is 6.30. The Kier molecular flexibility index (Phi) is 2.23. The summed E-state index contributed by atoms with van der Waals surface area (Å²) in [6, 6.07) is 13.8. The Morgan fingerprint density at radius 1 is 1.06 bits per heavy atom. The van der Waals surface area contributed by atoms with Crippen LogP contribution in [0.4, 0.5) is 0 Å².